The van der Waals surface area contributed by atoms with Crippen molar-refractivity contribution in [1.29, 1.82) is 0 Å². The molecule has 0 aromatic heterocycles. The van der Waals surface area contributed by atoms with Gasteiger partial charge in [-0.2, -0.15) is 0 Å². The molecule has 0 radical (unpaired) electrons. The van der Waals surface area contributed by atoms with Crippen molar-refractivity contribution in [3.8, 4) is 0 Å². The molecular weight excluding hydrogens is 238 g/mol. The summed E-state index contributed by atoms with van der Waals surface area (Å²) in [7, 11) is 0. The third-order valence-electron chi connectivity index (χ3n) is 4.80. The highest BCUT2D eigenvalue weighted by molar-refractivity contribution is 5.78. The standard InChI is InChI=1S/C15H29N3O/c1-12-6-3-4-8-18(12)9-5-7-17-15(19)13(2)14-10-16-11-14/h12-14,16H,3-11H2,1-2H3,(H,17,19). The largest absolute Gasteiger partial charge is 0.356 e. The first-order valence-electron chi connectivity index (χ1n) is 7.91. The summed E-state index contributed by atoms with van der Waals surface area (Å²) in [4.78, 5) is 14.5. The molecule has 2 aliphatic heterocycles. The Morgan fingerprint density at radius 3 is 2.84 bits per heavy atom. The zero-order valence-corrected chi connectivity index (χ0v) is 12.5. The normalized spacial score (nSPS) is 26.7. The zero-order chi connectivity index (χ0) is 13.7. The van der Waals surface area contributed by atoms with E-state index < -0.39 is 0 Å². The number of hydrogen-bond acceptors (Lipinski definition) is 3. The molecule has 2 aliphatic rings. The summed E-state index contributed by atoms with van der Waals surface area (Å²) in [6, 6.07) is 0.726. The Balaban J connectivity index is 1.56. The molecule has 2 atom stereocenters. The van der Waals surface area contributed by atoms with Gasteiger partial charge >= 0.3 is 0 Å². The summed E-state index contributed by atoms with van der Waals surface area (Å²) in [6.07, 6.45) is 5.12. The second-order valence-corrected chi connectivity index (χ2v) is 6.23. The maximum atomic E-state index is 11.9. The lowest BCUT2D eigenvalue weighted by molar-refractivity contribution is -0.126. The van der Waals surface area contributed by atoms with Crippen molar-refractivity contribution in [2.24, 2.45) is 11.8 Å². The third-order valence-corrected chi connectivity index (χ3v) is 4.80. The number of nitrogens with one attached hydrogen (secondary N) is 2. The van der Waals surface area contributed by atoms with Crippen molar-refractivity contribution in [3.63, 3.8) is 0 Å². The number of amides is 1. The van der Waals surface area contributed by atoms with Gasteiger partial charge in [-0.15, -0.1) is 0 Å². The van der Waals surface area contributed by atoms with Crippen LogP contribution in [0.25, 0.3) is 0 Å². The molecule has 2 fully saturated rings. The lowest BCUT2D eigenvalue weighted by Gasteiger charge is -2.33. The van der Waals surface area contributed by atoms with Gasteiger partial charge < -0.3 is 15.5 Å². The average Bonchev–Trinajstić information content (AvgIpc) is 2.34. The predicted molar refractivity (Wildman–Crippen MR) is 78.0 cm³/mol. The van der Waals surface area contributed by atoms with E-state index in [0.717, 1.165) is 38.6 Å². The van der Waals surface area contributed by atoms with Gasteiger partial charge in [-0.1, -0.05) is 13.3 Å². The lowest BCUT2D eigenvalue weighted by Crippen LogP contribution is -2.49. The smallest absolute Gasteiger partial charge is 0.223 e. The Morgan fingerprint density at radius 2 is 2.21 bits per heavy atom. The van der Waals surface area contributed by atoms with E-state index in [4.69, 9.17) is 0 Å². The second kappa shape index (κ2) is 7.25. The van der Waals surface area contributed by atoms with Crippen molar-refractivity contribution >= 4 is 5.91 Å². The molecule has 2 saturated heterocycles. The summed E-state index contributed by atoms with van der Waals surface area (Å²) in [6.45, 7) is 9.56. The number of likely N-dealkylation sites (tertiary alicyclic amines) is 1. The van der Waals surface area contributed by atoms with Gasteiger partial charge in [0.25, 0.3) is 0 Å². The van der Waals surface area contributed by atoms with Crippen LogP contribution < -0.4 is 10.6 Å². The first kappa shape index (κ1) is 14.8. The van der Waals surface area contributed by atoms with Gasteiger partial charge in [0.15, 0.2) is 0 Å². The Kier molecular flexibility index (Phi) is 5.64. The van der Waals surface area contributed by atoms with Crippen LogP contribution in [0.15, 0.2) is 0 Å². The van der Waals surface area contributed by atoms with E-state index in [1.54, 1.807) is 0 Å². The Hall–Kier alpha value is -0.610. The van der Waals surface area contributed by atoms with E-state index >= 15 is 0 Å². The molecule has 2 N–H and O–H groups in total. The van der Waals surface area contributed by atoms with E-state index in [1.807, 2.05) is 6.92 Å². The quantitative estimate of drug-likeness (QED) is 0.711. The first-order valence-corrected chi connectivity index (χ1v) is 7.91. The van der Waals surface area contributed by atoms with Crippen LogP contribution in [0.1, 0.15) is 39.5 Å². The molecule has 0 bridgehead atoms. The fourth-order valence-corrected chi connectivity index (χ4v) is 3.02. The van der Waals surface area contributed by atoms with Gasteiger partial charge in [0.05, 0.1) is 0 Å². The Labute approximate surface area is 117 Å². The van der Waals surface area contributed by atoms with Crippen LogP contribution in [0.2, 0.25) is 0 Å². The summed E-state index contributed by atoms with van der Waals surface area (Å²) < 4.78 is 0. The Bertz CT molecular complexity index is 291. The van der Waals surface area contributed by atoms with Crippen LogP contribution in [-0.2, 0) is 4.79 Å². The number of hydrogen-bond donors (Lipinski definition) is 2. The van der Waals surface area contributed by atoms with Crippen LogP contribution in [0.3, 0.4) is 0 Å². The van der Waals surface area contributed by atoms with E-state index in [2.05, 4.69) is 22.5 Å². The maximum absolute atomic E-state index is 11.9. The molecule has 0 spiro atoms. The lowest BCUT2D eigenvalue weighted by atomic mass is 9.88. The van der Waals surface area contributed by atoms with E-state index in [9.17, 15) is 4.79 Å². The van der Waals surface area contributed by atoms with Crippen LogP contribution >= 0.6 is 0 Å². The van der Waals surface area contributed by atoms with Crippen molar-refractivity contribution < 1.29 is 4.79 Å². The molecular formula is C15H29N3O. The number of carbonyl (C=O) groups is 1. The minimum atomic E-state index is 0.162. The topological polar surface area (TPSA) is 44.4 Å². The number of piperidine rings is 1. The molecule has 1 amide bonds. The molecule has 2 unspecified atom stereocenters. The van der Waals surface area contributed by atoms with Crippen molar-refractivity contribution in [1.82, 2.24) is 15.5 Å². The number of carbonyl (C=O) groups excluding carboxylic acids is 1. The van der Waals surface area contributed by atoms with Gasteiger partial charge in [-0.25, -0.2) is 0 Å². The van der Waals surface area contributed by atoms with Crippen LogP contribution in [-0.4, -0.2) is 49.6 Å². The molecule has 4 heteroatoms. The van der Waals surface area contributed by atoms with Crippen LogP contribution in [0.5, 0.6) is 0 Å². The Morgan fingerprint density at radius 1 is 1.42 bits per heavy atom. The molecule has 110 valence electrons. The van der Waals surface area contributed by atoms with Gasteiger partial charge in [0, 0.05) is 25.0 Å². The summed E-state index contributed by atoms with van der Waals surface area (Å²) in [5.74, 6) is 0.940. The fraction of sp³-hybridized carbons (Fsp3) is 0.933. The van der Waals surface area contributed by atoms with Crippen LogP contribution in [0, 0.1) is 11.8 Å². The molecule has 4 nitrogen and oxygen atoms in total. The predicted octanol–water partition coefficient (Wildman–Crippen LogP) is 1.22. The highest BCUT2D eigenvalue weighted by atomic mass is 16.1. The molecule has 0 aromatic rings. The van der Waals surface area contributed by atoms with E-state index in [0.29, 0.717) is 5.92 Å². The van der Waals surface area contributed by atoms with E-state index in [1.165, 1.54) is 25.8 Å². The third kappa shape index (κ3) is 4.18. The second-order valence-electron chi connectivity index (χ2n) is 6.23. The van der Waals surface area contributed by atoms with Crippen molar-refractivity contribution in [3.05, 3.63) is 0 Å². The first-order chi connectivity index (χ1) is 9.18. The van der Waals surface area contributed by atoms with Gasteiger partial charge in [0.2, 0.25) is 5.91 Å². The summed E-state index contributed by atoms with van der Waals surface area (Å²) in [5, 5.41) is 6.32. The summed E-state index contributed by atoms with van der Waals surface area (Å²) >= 11 is 0. The minimum Gasteiger partial charge on any atom is -0.356 e. The van der Waals surface area contributed by atoms with Gasteiger partial charge in [-0.3, -0.25) is 4.79 Å². The number of rotatable bonds is 6. The molecule has 2 rings (SSSR count). The molecule has 2 heterocycles. The molecule has 19 heavy (non-hydrogen) atoms. The average molecular weight is 267 g/mol. The SMILES string of the molecule is CC(C(=O)NCCCN1CCCCC1C)C1CNC1. The highest BCUT2D eigenvalue weighted by Crippen LogP contribution is 2.17. The van der Waals surface area contributed by atoms with Crippen molar-refractivity contribution in [2.75, 3.05) is 32.7 Å². The van der Waals surface area contributed by atoms with Crippen molar-refractivity contribution in [2.45, 2.75) is 45.6 Å². The van der Waals surface area contributed by atoms with Crippen LogP contribution in [0.4, 0.5) is 0 Å². The highest BCUT2D eigenvalue weighted by Gasteiger charge is 2.28. The van der Waals surface area contributed by atoms with Gasteiger partial charge in [-0.05, 0) is 51.7 Å². The minimum absolute atomic E-state index is 0.162. The fourth-order valence-electron chi connectivity index (χ4n) is 3.02. The maximum Gasteiger partial charge on any atom is 0.223 e. The summed E-state index contributed by atoms with van der Waals surface area (Å²) in [5.41, 5.74) is 0. The zero-order valence-electron chi connectivity index (χ0n) is 12.5. The molecule has 0 aliphatic carbocycles. The molecule has 0 saturated carbocycles. The van der Waals surface area contributed by atoms with Gasteiger partial charge in [0.1, 0.15) is 0 Å². The molecule has 0 aromatic carbocycles. The number of nitrogens with zero attached hydrogens (tertiary/aromatic N) is 1. The van der Waals surface area contributed by atoms with E-state index in [-0.39, 0.29) is 11.8 Å². The monoisotopic (exact) mass is 267 g/mol.